The van der Waals surface area contributed by atoms with Crippen LogP contribution in [0, 0.1) is 0 Å². The summed E-state index contributed by atoms with van der Waals surface area (Å²) in [6.45, 7) is 7.92. The average molecular weight is 530 g/mol. The lowest BCUT2D eigenvalue weighted by molar-refractivity contribution is -0.138. The Balaban J connectivity index is 3.16. The van der Waals surface area contributed by atoms with Crippen molar-refractivity contribution in [3.05, 3.63) is 34.9 Å². The molecule has 0 spiro atoms. The van der Waals surface area contributed by atoms with Crippen LogP contribution in [0.1, 0.15) is 72.1 Å². The molecule has 0 heterocycles. The van der Waals surface area contributed by atoms with Gasteiger partial charge in [-0.3, -0.25) is 0 Å². The van der Waals surface area contributed by atoms with E-state index in [-0.39, 0.29) is 42.0 Å². The van der Waals surface area contributed by atoms with E-state index < -0.39 is 30.0 Å². The molecular formula is C24H35NO8S2. The Hall–Kier alpha value is -2.40. The maximum absolute atomic E-state index is 12.4. The minimum Gasteiger partial charge on any atom is -0.480 e. The third kappa shape index (κ3) is 11.3. The largest absolute Gasteiger partial charge is 0.480 e. The number of carboxylic acid groups (broad SMARTS) is 1. The molecule has 2 N–H and O–H groups in total. The second kappa shape index (κ2) is 17.1. The number of amides is 1. The van der Waals surface area contributed by atoms with Crippen molar-refractivity contribution in [1.29, 1.82) is 0 Å². The fourth-order valence-electron chi connectivity index (χ4n) is 2.85. The molecule has 1 unspecified atom stereocenters. The van der Waals surface area contributed by atoms with E-state index in [9.17, 15) is 24.3 Å². The number of rotatable bonds is 16. The molecule has 9 nitrogen and oxygen atoms in total. The first-order valence-electron chi connectivity index (χ1n) is 11.6. The number of nitrogens with one attached hydrogen (secondary N) is 1. The molecule has 196 valence electrons. The highest BCUT2D eigenvalue weighted by Gasteiger charge is 2.25. The second-order valence-electron chi connectivity index (χ2n) is 7.29. The number of carbonyl (C=O) groups excluding carboxylic acids is 3. The Kier molecular flexibility index (Phi) is 15.0. The summed E-state index contributed by atoms with van der Waals surface area (Å²) in [5.74, 6) is -0.823. The number of esters is 2. The average Bonchev–Trinajstić information content (AvgIpc) is 2.83. The van der Waals surface area contributed by atoms with Crippen molar-refractivity contribution >= 4 is 47.5 Å². The molecule has 0 aliphatic heterocycles. The third-order valence-corrected chi connectivity index (χ3v) is 7.16. The summed E-state index contributed by atoms with van der Waals surface area (Å²) in [5.41, 5.74) is 1.10. The zero-order chi connectivity index (χ0) is 26.2. The highest BCUT2D eigenvalue weighted by atomic mass is 32.2. The van der Waals surface area contributed by atoms with Gasteiger partial charge in [-0.15, -0.1) is 0 Å². The lowest BCUT2D eigenvalue weighted by Crippen LogP contribution is -2.43. The first kappa shape index (κ1) is 30.6. The van der Waals surface area contributed by atoms with Crippen LogP contribution in [0.3, 0.4) is 0 Å². The van der Waals surface area contributed by atoms with E-state index in [0.717, 1.165) is 12.2 Å². The van der Waals surface area contributed by atoms with Gasteiger partial charge in [-0.2, -0.15) is 23.5 Å². The Morgan fingerprint density at radius 2 is 1.51 bits per heavy atom. The van der Waals surface area contributed by atoms with Crippen LogP contribution in [0.5, 0.6) is 0 Å². The van der Waals surface area contributed by atoms with Gasteiger partial charge >= 0.3 is 24.0 Å². The quantitative estimate of drug-likeness (QED) is 0.179. The molecule has 0 aromatic heterocycles. The summed E-state index contributed by atoms with van der Waals surface area (Å²) in [4.78, 5) is 48.6. The van der Waals surface area contributed by atoms with E-state index in [0.29, 0.717) is 17.7 Å². The minimum absolute atomic E-state index is 0.0610. The van der Waals surface area contributed by atoms with E-state index in [1.807, 2.05) is 13.8 Å². The summed E-state index contributed by atoms with van der Waals surface area (Å²) < 4.78 is 15.2. The fraction of sp³-hybridized carbons (Fsp3) is 0.583. The SMILES string of the molecule is CCCCOC(=O)N[C@@H](CSC(CSCC)c1cc(C(=O)OCC)cc(C(=O)OCC)c1)C(=O)O. The van der Waals surface area contributed by atoms with Gasteiger partial charge in [-0.05, 0) is 49.8 Å². The normalized spacial score (nSPS) is 12.3. The molecule has 35 heavy (non-hydrogen) atoms. The van der Waals surface area contributed by atoms with Crippen molar-refractivity contribution in [3.63, 3.8) is 0 Å². The molecule has 1 amide bonds. The van der Waals surface area contributed by atoms with Crippen molar-refractivity contribution in [2.45, 2.75) is 51.8 Å². The van der Waals surface area contributed by atoms with Gasteiger partial charge in [0.2, 0.25) is 0 Å². The molecule has 0 bridgehead atoms. The van der Waals surface area contributed by atoms with Gasteiger partial charge in [0.25, 0.3) is 0 Å². The summed E-state index contributed by atoms with van der Waals surface area (Å²) in [6.07, 6.45) is 0.761. The molecule has 0 saturated heterocycles. The van der Waals surface area contributed by atoms with Crippen LogP contribution in [0.25, 0.3) is 0 Å². The minimum atomic E-state index is -1.18. The Morgan fingerprint density at radius 3 is 2.00 bits per heavy atom. The maximum atomic E-state index is 12.4. The highest BCUT2D eigenvalue weighted by Crippen LogP contribution is 2.34. The first-order valence-corrected chi connectivity index (χ1v) is 13.8. The third-order valence-electron chi connectivity index (χ3n) is 4.61. The number of alkyl carbamates (subject to hydrolysis) is 1. The second-order valence-corrected chi connectivity index (χ2v) is 9.85. The van der Waals surface area contributed by atoms with E-state index >= 15 is 0 Å². The summed E-state index contributed by atoms with van der Waals surface area (Å²) >= 11 is 2.95. The predicted octanol–water partition coefficient (Wildman–Crippen LogP) is 4.55. The predicted molar refractivity (Wildman–Crippen MR) is 137 cm³/mol. The molecule has 2 atom stereocenters. The van der Waals surface area contributed by atoms with Gasteiger partial charge < -0.3 is 24.6 Å². The number of hydrogen-bond donors (Lipinski definition) is 2. The summed E-state index contributed by atoms with van der Waals surface area (Å²) in [6, 6.07) is 3.57. The molecule has 0 radical (unpaired) electrons. The molecule has 0 fully saturated rings. The Morgan fingerprint density at radius 1 is 0.914 bits per heavy atom. The molecule has 0 aliphatic rings. The molecule has 11 heteroatoms. The highest BCUT2D eigenvalue weighted by molar-refractivity contribution is 8.03. The number of carboxylic acids is 1. The van der Waals surface area contributed by atoms with Crippen LogP contribution in [0.4, 0.5) is 4.79 Å². The van der Waals surface area contributed by atoms with Crippen molar-refractivity contribution < 1.29 is 38.5 Å². The number of carbonyl (C=O) groups is 4. The van der Waals surface area contributed by atoms with Gasteiger partial charge in [0, 0.05) is 16.8 Å². The monoisotopic (exact) mass is 529 g/mol. The van der Waals surface area contributed by atoms with Crippen molar-refractivity contribution in [2.24, 2.45) is 0 Å². The van der Waals surface area contributed by atoms with Crippen molar-refractivity contribution in [3.8, 4) is 0 Å². The smallest absolute Gasteiger partial charge is 0.407 e. The zero-order valence-corrected chi connectivity index (χ0v) is 22.3. The molecule has 0 aliphatic carbocycles. The number of thioether (sulfide) groups is 2. The lowest BCUT2D eigenvalue weighted by Gasteiger charge is -2.21. The van der Waals surface area contributed by atoms with Gasteiger partial charge in [0.15, 0.2) is 0 Å². The van der Waals surface area contributed by atoms with Crippen LogP contribution in [0.2, 0.25) is 0 Å². The van der Waals surface area contributed by atoms with Crippen molar-refractivity contribution in [1.82, 2.24) is 5.32 Å². The summed E-state index contributed by atoms with van der Waals surface area (Å²) in [7, 11) is 0. The van der Waals surface area contributed by atoms with Crippen LogP contribution in [-0.2, 0) is 19.0 Å². The fourth-order valence-corrected chi connectivity index (χ4v) is 5.14. The Bertz CT molecular complexity index is 813. The van der Waals surface area contributed by atoms with Gasteiger partial charge in [0.05, 0.1) is 30.9 Å². The number of unbranched alkanes of at least 4 members (excludes halogenated alkanes) is 1. The first-order chi connectivity index (χ1) is 16.8. The maximum Gasteiger partial charge on any atom is 0.407 e. The summed E-state index contributed by atoms with van der Waals surface area (Å²) in [5, 5.41) is 11.7. The van der Waals surface area contributed by atoms with E-state index in [1.165, 1.54) is 17.8 Å². The van der Waals surface area contributed by atoms with Crippen molar-refractivity contribution in [2.75, 3.05) is 37.1 Å². The van der Waals surface area contributed by atoms with E-state index in [2.05, 4.69) is 5.32 Å². The van der Waals surface area contributed by atoms with Crippen LogP contribution in [0.15, 0.2) is 18.2 Å². The Labute approximate surface area is 215 Å². The lowest BCUT2D eigenvalue weighted by atomic mass is 10.0. The van der Waals surface area contributed by atoms with E-state index in [4.69, 9.17) is 14.2 Å². The number of ether oxygens (including phenoxy) is 3. The topological polar surface area (TPSA) is 128 Å². The van der Waals surface area contributed by atoms with Crippen LogP contribution in [-0.4, -0.2) is 72.2 Å². The van der Waals surface area contributed by atoms with Gasteiger partial charge in [0.1, 0.15) is 6.04 Å². The van der Waals surface area contributed by atoms with Gasteiger partial charge in [-0.1, -0.05) is 20.3 Å². The molecular weight excluding hydrogens is 494 g/mol. The zero-order valence-electron chi connectivity index (χ0n) is 20.7. The molecule has 1 aromatic carbocycles. The number of benzene rings is 1. The molecule has 1 rings (SSSR count). The standard InChI is InChI=1S/C24H35NO8S2/c1-5-9-10-33-24(30)25-19(21(26)27)14-35-20(15-34-8-4)16-11-17(22(28)31-6-2)13-18(12-16)23(29)32-7-3/h11-13,19-20H,5-10,14-15H2,1-4H3,(H,25,30)(H,26,27)/t19-,20?/m0/s1. The molecule has 1 aromatic rings. The van der Waals surface area contributed by atoms with Crippen LogP contribution < -0.4 is 5.32 Å². The number of hydrogen-bond acceptors (Lipinski definition) is 9. The number of aliphatic carboxylic acids is 1. The van der Waals surface area contributed by atoms with Crippen LogP contribution >= 0.6 is 23.5 Å². The molecule has 0 saturated carbocycles. The van der Waals surface area contributed by atoms with E-state index in [1.54, 1.807) is 37.7 Å². The van der Waals surface area contributed by atoms with Gasteiger partial charge in [-0.25, -0.2) is 19.2 Å².